The first-order chi connectivity index (χ1) is 9.79. The van der Waals surface area contributed by atoms with Crippen molar-refractivity contribution in [3.05, 3.63) is 34.0 Å². The fourth-order valence-electron chi connectivity index (χ4n) is 2.83. The highest BCUT2D eigenvalue weighted by Gasteiger charge is 2.31. The molecule has 0 radical (unpaired) electrons. The van der Waals surface area contributed by atoms with Crippen LogP contribution in [0.3, 0.4) is 0 Å². The number of rotatable bonds is 2. The van der Waals surface area contributed by atoms with Crippen molar-refractivity contribution in [1.82, 2.24) is 4.90 Å². The molecule has 0 spiro atoms. The van der Waals surface area contributed by atoms with Gasteiger partial charge in [-0.2, -0.15) is 0 Å². The van der Waals surface area contributed by atoms with E-state index < -0.39 is 0 Å². The molecule has 20 heavy (non-hydrogen) atoms. The smallest absolute Gasteiger partial charge is 0.168 e. The van der Waals surface area contributed by atoms with Gasteiger partial charge in [-0.1, -0.05) is 17.8 Å². The van der Waals surface area contributed by atoms with Gasteiger partial charge in [-0.15, -0.1) is 23.1 Å². The standard InChI is InChI=1S/C15H14N2S3/c1-9-13(17-7-6-16-15(17)20-9)11-3-4-12(18-2)10-5-8-19-14(10)11/h3-5,8H,6-7H2,1-2H3. The van der Waals surface area contributed by atoms with E-state index in [0.29, 0.717) is 0 Å². The van der Waals surface area contributed by atoms with E-state index in [-0.39, 0.29) is 0 Å². The van der Waals surface area contributed by atoms with Crippen LogP contribution in [0.1, 0.15) is 12.5 Å². The van der Waals surface area contributed by atoms with Crippen LogP contribution in [-0.4, -0.2) is 29.4 Å². The predicted molar refractivity (Wildman–Crippen MR) is 92.8 cm³/mol. The zero-order chi connectivity index (χ0) is 13.7. The number of hydrogen-bond acceptors (Lipinski definition) is 5. The molecule has 2 aliphatic rings. The Morgan fingerprint density at radius 1 is 1.30 bits per heavy atom. The molecule has 2 nitrogen and oxygen atoms in total. The Hall–Kier alpha value is -0.910. The molecule has 0 aliphatic carbocycles. The highest BCUT2D eigenvalue weighted by molar-refractivity contribution is 8.17. The van der Waals surface area contributed by atoms with E-state index in [2.05, 4.69) is 46.7 Å². The molecule has 0 fully saturated rings. The molecule has 0 atom stereocenters. The number of nitrogens with zero attached hydrogens (tertiary/aromatic N) is 2. The van der Waals surface area contributed by atoms with Crippen LogP contribution in [0.25, 0.3) is 15.8 Å². The third-order valence-corrected chi connectivity index (χ3v) is 6.48. The van der Waals surface area contributed by atoms with Gasteiger partial charge in [0.05, 0.1) is 12.2 Å². The number of fused-ring (bicyclic) bond motifs is 2. The number of amidine groups is 1. The molecule has 5 heteroatoms. The summed E-state index contributed by atoms with van der Waals surface area (Å²) in [6.45, 7) is 4.16. The Balaban J connectivity index is 1.93. The van der Waals surface area contributed by atoms with Crippen molar-refractivity contribution in [3.63, 3.8) is 0 Å². The molecular formula is C15H14N2S3. The third kappa shape index (κ3) is 1.76. The van der Waals surface area contributed by atoms with Crippen LogP contribution in [-0.2, 0) is 0 Å². The summed E-state index contributed by atoms with van der Waals surface area (Å²) in [6, 6.07) is 6.78. The number of thioether (sulfide) groups is 2. The second-order valence-electron chi connectivity index (χ2n) is 4.80. The minimum atomic E-state index is 0.926. The maximum Gasteiger partial charge on any atom is 0.168 e. The summed E-state index contributed by atoms with van der Waals surface area (Å²) in [4.78, 5) is 9.71. The first-order valence-electron chi connectivity index (χ1n) is 6.55. The molecule has 0 unspecified atom stereocenters. The van der Waals surface area contributed by atoms with Crippen molar-refractivity contribution in [3.8, 4) is 0 Å². The highest BCUT2D eigenvalue weighted by Crippen LogP contribution is 2.45. The summed E-state index contributed by atoms with van der Waals surface area (Å²) < 4.78 is 1.40. The van der Waals surface area contributed by atoms with Crippen LogP contribution < -0.4 is 0 Å². The van der Waals surface area contributed by atoms with Gasteiger partial charge >= 0.3 is 0 Å². The molecule has 0 amide bonds. The summed E-state index contributed by atoms with van der Waals surface area (Å²) in [6.07, 6.45) is 2.15. The topological polar surface area (TPSA) is 15.6 Å². The summed E-state index contributed by atoms with van der Waals surface area (Å²) in [5.74, 6) is 0. The minimum Gasteiger partial charge on any atom is -0.318 e. The van der Waals surface area contributed by atoms with Crippen molar-refractivity contribution < 1.29 is 0 Å². The molecule has 2 aliphatic heterocycles. The second-order valence-corrected chi connectivity index (χ2v) is 7.75. The average molecular weight is 318 g/mol. The van der Waals surface area contributed by atoms with Crippen LogP contribution in [0.4, 0.5) is 0 Å². The van der Waals surface area contributed by atoms with E-state index in [1.165, 1.54) is 36.3 Å². The molecule has 102 valence electrons. The Kier molecular flexibility index (Phi) is 3.09. The van der Waals surface area contributed by atoms with Gasteiger partial charge in [-0.05, 0) is 30.7 Å². The Labute approximate surface area is 131 Å². The van der Waals surface area contributed by atoms with Gasteiger partial charge in [-0.25, -0.2) is 0 Å². The number of benzene rings is 1. The first kappa shape index (κ1) is 12.8. The SMILES string of the molecule is CSc1ccc(C2=C(C)SC3=NCCN32)c2sccc12. The molecule has 3 heterocycles. The third-order valence-electron chi connectivity index (χ3n) is 3.70. The number of aliphatic imine (C=N–C) groups is 1. The second kappa shape index (κ2) is 4.83. The van der Waals surface area contributed by atoms with E-state index in [0.717, 1.165) is 13.1 Å². The largest absolute Gasteiger partial charge is 0.318 e. The fraction of sp³-hybridized carbons (Fsp3) is 0.267. The summed E-state index contributed by atoms with van der Waals surface area (Å²) in [5, 5.41) is 4.76. The lowest BCUT2D eigenvalue weighted by Crippen LogP contribution is -2.20. The molecular weight excluding hydrogens is 304 g/mol. The Morgan fingerprint density at radius 2 is 2.20 bits per heavy atom. The van der Waals surface area contributed by atoms with Crippen molar-refractivity contribution >= 4 is 55.8 Å². The molecule has 0 bridgehead atoms. The number of hydrogen-bond donors (Lipinski definition) is 0. The van der Waals surface area contributed by atoms with Crippen molar-refractivity contribution in [2.24, 2.45) is 4.99 Å². The lowest BCUT2D eigenvalue weighted by atomic mass is 10.1. The average Bonchev–Trinajstić information content (AvgIpc) is 3.12. The maximum absolute atomic E-state index is 4.59. The number of allylic oxidation sites excluding steroid dienone is 1. The van der Waals surface area contributed by atoms with E-state index in [4.69, 9.17) is 0 Å². The molecule has 4 rings (SSSR count). The lowest BCUT2D eigenvalue weighted by Gasteiger charge is -2.18. The van der Waals surface area contributed by atoms with Gasteiger partial charge < -0.3 is 4.90 Å². The van der Waals surface area contributed by atoms with Crippen LogP contribution in [0.2, 0.25) is 0 Å². The lowest BCUT2D eigenvalue weighted by molar-refractivity contribution is 0.648. The van der Waals surface area contributed by atoms with Gasteiger partial charge in [-0.3, -0.25) is 4.99 Å². The molecule has 0 saturated heterocycles. The van der Waals surface area contributed by atoms with E-state index in [9.17, 15) is 0 Å². The highest BCUT2D eigenvalue weighted by atomic mass is 32.2. The quantitative estimate of drug-likeness (QED) is 0.744. The minimum absolute atomic E-state index is 0.926. The fourth-order valence-corrected chi connectivity index (χ4v) is 5.47. The maximum atomic E-state index is 4.59. The Bertz CT molecular complexity index is 758. The Morgan fingerprint density at radius 3 is 3.05 bits per heavy atom. The van der Waals surface area contributed by atoms with Crippen LogP contribution in [0.15, 0.2) is 38.4 Å². The van der Waals surface area contributed by atoms with Gasteiger partial charge in [0.2, 0.25) is 0 Å². The zero-order valence-corrected chi connectivity index (χ0v) is 13.8. The van der Waals surface area contributed by atoms with E-state index in [1.54, 1.807) is 0 Å². The molecule has 1 aromatic heterocycles. The van der Waals surface area contributed by atoms with Crippen LogP contribution >= 0.6 is 34.9 Å². The van der Waals surface area contributed by atoms with Crippen LogP contribution in [0, 0.1) is 0 Å². The zero-order valence-electron chi connectivity index (χ0n) is 11.3. The number of thiophene rings is 1. The molecule has 0 N–H and O–H groups in total. The van der Waals surface area contributed by atoms with Crippen molar-refractivity contribution in [1.29, 1.82) is 0 Å². The van der Waals surface area contributed by atoms with Gasteiger partial charge in [0.25, 0.3) is 0 Å². The molecule has 2 aromatic rings. The molecule has 0 saturated carbocycles. The van der Waals surface area contributed by atoms with Gasteiger partial charge in [0, 0.05) is 32.0 Å². The summed E-state index contributed by atoms with van der Waals surface area (Å²) in [5.41, 5.74) is 2.73. The van der Waals surface area contributed by atoms with Crippen LogP contribution in [0.5, 0.6) is 0 Å². The molecule has 1 aromatic carbocycles. The van der Waals surface area contributed by atoms with E-state index >= 15 is 0 Å². The summed E-state index contributed by atoms with van der Waals surface area (Å²) >= 11 is 5.48. The monoisotopic (exact) mass is 318 g/mol. The van der Waals surface area contributed by atoms with Gasteiger partial charge in [0.15, 0.2) is 5.17 Å². The van der Waals surface area contributed by atoms with E-state index in [1.807, 2.05) is 34.9 Å². The normalized spacial score (nSPS) is 18.1. The van der Waals surface area contributed by atoms with Crippen molar-refractivity contribution in [2.45, 2.75) is 11.8 Å². The predicted octanol–water partition coefficient (Wildman–Crippen LogP) is 4.73. The summed E-state index contributed by atoms with van der Waals surface area (Å²) in [7, 11) is 0. The van der Waals surface area contributed by atoms with Crippen molar-refractivity contribution in [2.75, 3.05) is 19.3 Å². The first-order valence-corrected chi connectivity index (χ1v) is 9.47. The van der Waals surface area contributed by atoms with Gasteiger partial charge in [0.1, 0.15) is 0 Å².